The Balaban J connectivity index is 1.89. The van der Waals surface area contributed by atoms with Crippen molar-refractivity contribution in [2.75, 3.05) is 18.1 Å². The average Bonchev–Trinajstić information content (AvgIpc) is 3.12. The maximum atomic E-state index is 13.3. The molecule has 152 valence electrons. The summed E-state index contributed by atoms with van der Waals surface area (Å²) in [6.07, 6.45) is 1.10. The number of nitrogens with zero attached hydrogens (tertiary/aromatic N) is 5. The molecule has 1 aromatic heterocycles. The summed E-state index contributed by atoms with van der Waals surface area (Å²) in [5, 5.41) is 12.2. The van der Waals surface area contributed by atoms with E-state index >= 15 is 0 Å². The van der Waals surface area contributed by atoms with Gasteiger partial charge >= 0.3 is 5.97 Å². The van der Waals surface area contributed by atoms with Crippen LogP contribution in [0.4, 0.5) is 5.95 Å². The Morgan fingerprint density at radius 3 is 2.66 bits per heavy atom. The van der Waals surface area contributed by atoms with Gasteiger partial charge in [0.25, 0.3) is 5.95 Å². The Labute approximate surface area is 169 Å². The van der Waals surface area contributed by atoms with Gasteiger partial charge in [0.05, 0.1) is 6.61 Å². The summed E-state index contributed by atoms with van der Waals surface area (Å²) in [5.41, 5.74) is 3.34. The minimum atomic E-state index is -0.405. The second kappa shape index (κ2) is 7.09. The van der Waals surface area contributed by atoms with Gasteiger partial charge < -0.3 is 9.64 Å². The number of carbonyl (C=O) groups is 2. The molecule has 1 aromatic carbocycles. The van der Waals surface area contributed by atoms with Crippen LogP contribution < -0.4 is 4.90 Å². The number of anilines is 1. The number of benzene rings is 1. The Morgan fingerprint density at radius 2 is 1.97 bits per heavy atom. The van der Waals surface area contributed by atoms with Crippen molar-refractivity contribution in [2.24, 2.45) is 5.41 Å². The number of aromatic nitrogens is 4. The van der Waals surface area contributed by atoms with Crippen molar-refractivity contribution in [1.82, 2.24) is 20.2 Å². The third kappa shape index (κ3) is 3.43. The van der Waals surface area contributed by atoms with Crippen molar-refractivity contribution in [3.8, 4) is 0 Å². The van der Waals surface area contributed by atoms with E-state index in [9.17, 15) is 9.59 Å². The molecule has 2 aliphatic rings. The van der Waals surface area contributed by atoms with E-state index in [1.807, 2.05) is 31.2 Å². The number of hydrogen-bond donors (Lipinski definition) is 0. The number of aryl methyl sites for hydroxylation is 1. The summed E-state index contributed by atoms with van der Waals surface area (Å²) >= 11 is 0. The van der Waals surface area contributed by atoms with Gasteiger partial charge in [-0.05, 0) is 41.7 Å². The summed E-state index contributed by atoms with van der Waals surface area (Å²) in [4.78, 5) is 27.3. The van der Waals surface area contributed by atoms with Gasteiger partial charge in [0, 0.05) is 17.7 Å². The fourth-order valence-electron chi connectivity index (χ4n) is 4.19. The molecular weight excluding hydrogens is 370 g/mol. The zero-order valence-corrected chi connectivity index (χ0v) is 17.2. The number of ketones is 1. The topological polar surface area (TPSA) is 90.2 Å². The van der Waals surface area contributed by atoms with Crippen LogP contribution in [0.2, 0.25) is 0 Å². The van der Waals surface area contributed by atoms with E-state index in [1.165, 1.54) is 0 Å². The molecule has 0 radical (unpaired) electrons. The van der Waals surface area contributed by atoms with Gasteiger partial charge in [0.2, 0.25) is 0 Å². The first-order chi connectivity index (χ1) is 13.8. The molecular formula is C21H25N5O3. The molecule has 0 bridgehead atoms. The first kappa shape index (κ1) is 19.3. The van der Waals surface area contributed by atoms with Crippen molar-refractivity contribution in [3.63, 3.8) is 0 Å². The Morgan fingerprint density at radius 1 is 1.24 bits per heavy atom. The van der Waals surface area contributed by atoms with Gasteiger partial charge in [-0.25, -0.2) is 0 Å². The van der Waals surface area contributed by atoms with E-state index in [0.717, 1.165) is 16.8 Å². The summed E-state index contributed by atoms with van der Waals surface area (Å²) in [7, 11) is 0. The first-order valence-electron chi connectivity index (χ1n) is 9.84. The van der Waals surface area contributed by atoms with Crippen LogP contribution in [0.1, 0.15) is 50.8 Å². The van der Waals surface area contributed by atoms with Gasteiger partial charge in [-0.1, -0.05) is 48.8 Å². The Bertz CT molecular complexity index is 990. The molecule has 1 aliphatic carbocycles. The van der Waals surface area contributed by atoms with Crippen LogP contribution in [-0.2, 0) is 14.3 Å². The van der Waals surface area contributed by atoms with Crippen LogP contribution in [0, 0.1) is 12.3 Å². The summed E-state index contributed by atoms with van der Waals surface area (Å²) in [5.74, 6) is 0.142. The van der Waals surface area contributed by atoms with Gasteiger partial charge in [0.15, 0.2) is 5.78 Å². The molecule has 8 nitrogen and oxygen atoms in total. The maximum Gasteiger partial charge on any atom is 0.326 e. The van der Waals surface area contributed by atoms with Gasteiger partial charge in [-0.3, -0.25) is 9.59 Å². The number of carbonyl (C=O) groups excluding carboxylic acids is 2. The average molecular weight is 395 g/mol. The second-order valence-electron chi connectivity index (χ2n) is 8.43. The minimum Gasteiger partial charge on any atom is -0.465 e. The Hall–Kier alpha value is -3.03. The molecule has 1 unspecified atom stereocenters. The largest absolute Gasteiger partial charge is 0.465 e. The third-order valence-electron chi connectivity index (χ3n) is 5.44. The highest BCUT2D eigenvalue weighted by Crippen LogP contribution is 2.47. The number of rotatable bonds is 4. The molecule has 29 heavy (non-hydrogen) atoms. The van der Waals surface area contributed by atoms with Crippen molar-refractivity contribution >= 4 is 17.7 Å². The highest BCUT2D eigenvalue weighted by atomic mass is 16.5. The fourth-order valence-corrected chi connectivity index (χ4v) is 4.19. The molecule has 2 aromatic rings. The number of hydrogen-bond acceptors (Lipinski definition) is 7. The number of esters is 1. The smallest absolute Gasteiger partial charge is 0.326 e. The zero-order valence-electron chi connectivity index (χ0n) is 17.2. The van der Waals surface area contributed by atoms with Crippen molar-refractivity contribution in [3.05, 3.63) is 46.7 Å². The number of tetrazole rings is 1. The van der Waals surface area contributed by atoms with Gasteiger partial charge in [0.1, 0.15) is 12.6 Å². The molecule has 8 heteroatoms. The normalized spacial score (nSPS) is 20.3. The van der Waals surface area contributed by atoms with Crippen LogP contribution in [-0.4, -0.2) is 45.1 Å². The lowest BCUT2D eigenvalue weighted by molar-refractivity contribution is -0.141. The standard InChI is InChI=1S/C21H25N5O3/c1-5-29-17(28)12-25-15-10-21(3,4)11-16(27)18(15)19(26-20(25)22-23-24-26)14-8-6-13(2)7-9-14/h6-9,19H,5,10-12H2,1-4H3. The molecule has 2 heterocycles. The second-order valence-corrected chi connectivity index (χ2v) is 8.43. The predicted molar refractivity (Wildman–Crippen MR) is 106 cm³/mol. The van der Waals surface area contributed by atoms with E-state index in [1.54, 1.807) is 16.5 Å². The highest BCUT2D eigenvalue weighted by molar-refractivity contribution is 6.00. The van der Waals surface area contributed by atoms with E-state index < -0.39 is 6.04 Å². The lowest BCUT2D eigenvalue weighted by Crippen LogP contribution is -2.44. The van der Waals surface area contributed by atoms with Crippen LogP contribution in [0.25, 0.3) is 0 Å². The molecule has 4 rings (SSSR count). The molecule has 0 saturated heterocycles. The van der Waals surface area contributed by atoms with Crippen molar-refractivity contribution < 1.29 is 14.3 Å². The van der Waals surface area contributed by atoms with Gasteiger partial charge in [-0.15, -0.1) is 0 Å². The van der Waals surface area contributed by atoms with E-state index in [2.05, 4.69) is 29.4 Å². The monoisotopic (exact) mass is 395 g/mol. The van der Waals surface area contributed by atoms with Crippen LogP contribution in [0.15, 0.2) is 35.5 Å². The molecule has 1 aliphatic heterocycles. The molecule has 0 N–H and O–H groups in total. The van der Waals surface area contributed by atoms with Gasteiger partial charge in [-0.2, -0.15) is 4.68 Å². The van der Waals surface area contributed by atoms with Crippen LogP contribution >= 0.6 is 0 Å². The van der Waals surface area contributed by atoms with Crippen molar-refractivity contribution in [1.29, 1.82) is 0 Å². The van der Waals surface area contributed by atoms with E-state index in [4.69, 9.17) is 4.74 Å². The summed E-state index contributed by atoms with van der Waals surface area (Å²) in [6.45, 7) is 8.18. The number of fused-ring (bicyclic) bond motifs is 1. The molecule has 0 spiro atoms. The number of Topliss-reactive ketones (excluding diaryl/α,β-unsaturated/α-hetero) is 1. The SMILES string of the molecule is CCOC(=O)CN1C2=C(C(=O)CC(C)(C)C2)C(c2ccc(C)cc2)n2nnnc21. The molecule has 0 fully saturated rings. The minimum absolute atomic E-state index is 0.0307. The molecule has 0 amide bonds. The van der Waals surface area contributed by atoms with Crippen LogP contribution in [0.5, 0.6) is 0 Å². The molecule has 0 saturated carbocycles. The fraction of sp³-hybridized carbons (Fsp3) is 0.476. The van der Waals surface area contributed by atoms with Crippen LogP contribution in [0.3, 0.4) is 0 Å². The number of ether oxygens (including phenoxy) is 1. The van der Waals surface area contributed by atoms with E-state index in [-0.39, 0.29) is 23.7 Å². The number of allylic oxidation sites excluding steroid dienone is 2. The van der Waals surface area contributed by atoms with E-state index in [0.29, 0.717) is 31.0 Å². The van der Waals surface area contributed by atoms with Crippen molar-refractivity contribution in [2.45, 2.75) is 46.6 Å². The lowest BCUT2D eigenvalue weighted by Gasteiger charge is -2.42. The highest BCUT2D eigenvalue weighted by Gasteiger charge is 2.45. The maximum absolute atomic E-state index is 13.3. The lowest BCUT2D eigenvalue weighted by atomic mass is 9.72. The quantitative estimate of drug-likeness (QED) is 0.735. The summed E-state index contributed by atoms with van der Waals surface area (Å²) < 4.78 is 6.79. The predicted octanol–water partition coefficient (Wildman–Crippen LogP) is 2.60. The zero-order chi connectivity index (χ0) is 20.8. The summed E-state index contributed by atoms with van der Waals surface area (Å²) in [6, 6.07) is 7.63. The third-order valence-corrected chi connectivity index (χ3v) is 5.44. The molecule has 1 atom stereocenters. The first-order valence-corrected chi connectivity index (χ1v) is 9.84. The Kier molecular flexibility index (Phi) is 4.72.